The van der Waals surface area contributed by atoms with Crippen molar-refractivity contribution in [2.45, 2.75) is 38.6 Å². The largest absolute Gasteiger partial charge is 0.353 e. The lowest BCUT2D eigenvalue weighted by Crippen LogP contribution is -2.34. The van der Waals surface area contributed by atoms with Crippen molar-refractivity contribution < 1.29 is 0 Å². The molecule has 94 valence electrons. The Morgan fingerprint density at radius 3 is 2.82 bits per heavy atom. The zero-order valence-corrected chi connectivity index (χ0v) is 10.7. The molecule has 0 radical (unpaired) electrons. The van der Waals surface area contributed by atoms with Crippen molar-refractivity contribution in [1.82, 2.24) is 9.97 Å². The second kappa shape index (κ2) is 5.51. The third kappa shape index (κ3) is 2.61. The molecule has 1 aromatic rings. The van der Waals surface area contributed by atoms with E-state index < -0.39 is 0 Å². The molecule has 0 unspecified atom stereocenters. The normalized spacial score (nSPS) is 16.2. The fourth-order valence-corrected chi connectivity index (χ4v) is 2.63. The zero-order chi connectivity index (χ0) is 12.3. The van der Waals surface area contributed by atoms with Crippen LogP contribution < -0.4 is 16.2 Å². The number of halogens is 1. The topological polar surface area (TPSA) is 67.1 Å². The molecule has 0 spiro atoms. The van der Waals surface area contributed by atoms with Crippen LogP contribution in [0, 0.1) is 0 Å². The highest BCUT2D eigenvalue weighted by atomic mass is 35.5. The number of hydrazine groups is 1. The second-order valence-electron chi connectivity index (χ2n) is 4.23. The fraction of sp³-hybridized carbons (Fsp3) is 0.636. The molecule has 1 aromatic heterocycles. The molecule has 0 saturated heterocycles. The number of nitrogens with one attached hydrogen (secondary N) is 1. The predicted molar refractivity (Wildman–Crippen MR) is 70.1 cm³/mol. The molecule has 1 aliphatic rings. The van der Waals surface area contributed by atoms with Crippen molar-refractivity contribution in [3.05, 3.63) is 11.2 Å². The molecule has 0 amide bonds. The van der Waals surface area contributed by atoms with Gasteiger partial charge in [0.15, 0.2) is 5.82 Å². The average Bonchev–Trinajstić information content (AvgIpc) is 2.86. The first-order valence-corrected chi connectivity index (χ1v) is 6.39. The predicted octanol–water partition coefficient (Wildman–Crippen LogP) is 2.18. The Morgan fingerprint density at radius 1 is 1.53 bits per heavy atom. The molecule has 1 fully saturated rings. The first-order chi connectivity index (χ1) is 8.26. The summed E-state index contributed by atoms with van der Waals surface area (Å²) in [5, 5.41) is 0.581. The third-order valence-corrected chi connectivity index (χ3v) is 3.50. The molecule has 1 aliphatic carbocycles. The summed E-state index contributed by atoms with van der Waals surface area (Å²) < 4.78 is 0. The van der Waals surface area contributed by atoms with Gasteiger partial charge in [-0.05, 0) is 19.8 Å². The zero-order valence-electron chi connectivity index (χ0n) is 9.99. The second-order valence-corrected chi connectivity index (χ2v) is 4.64. The molecule has 1 saturated carbocycles. The first-order valence-electron chi connectivity index (χ1n) is 6.02. The minimum Gasteiger partial charge on any atom is -0.353 e. The van der Waals surface area contributed by atoms with Gasteiger partial charge in [-0.3, -0.25) is 5.43 Å². The minimum atomic E-state index is 0.404. The van der Waals surface area contributed by atoms with E-state index in [-0.39, 0.29) is 0 Å². The van der Waals surface area contributed by atoms with Crippen molar-refractivity contribution in [1.29, 1.82) is 0 Å². The molecule has 2 rings (SSSR count). The minimum absolute atomic E-state index is 0.404. The van der Waals surface area contributed by atoms with Gasteiger partial charge in [0.05, 0.1) is 6.20 Å². The molecule has 17 heavy (non-hydrogen) atoms. The van der Waals surface area contributed by atoms with Crippen LogP contribution in [0.25, 0.3) is 0 Å². The van der Waals surface area contributed by atoms with E-state index in [1.165, 1.54) is 25.7 Å². The van der Waals surface area contributed by atoms with Gasteiger partial charge in [-0.25, -0.2) is 10.8 Å². The van der Waals surface area contributed by atoms with E-state index in [9.17, 15) is 0 Å². The maximum Gasteiger partial charge on any atom is 0.239 e. The van der Waals surface area contributed by atoms with E-state index in [1.54, 1.807) is 6.20 Å². The lowest BCUT2D eigenvalue weighted by molar-refractivity contribution is 0.613. The van der Waals surface area contributed by atoms with Crippen LogP contribution in [0.1, 0.15) is 32.6 Å². The maximum atomic E-state index is 6.17. The molecule has 3 N–H and O–H groups in total. The summed E-state index contributed by atoms with van der Waals surface area (Å²) in [4.78, 5) is 10.6. The summed E-state index contributed by atoms with van der Waals surface area (Å²) in [5.41, 5.74) is 2.46. The number of nitrogens with zero attached hydrogens (tertiary/aromatic N) is 3. The van der Waals surface area contributed by atoms with Gasteiger partial charge < -0.3 is 4.90 Å². The molecular formula is C11H18ClN5. The summed E-state index contributed by atoms with van der Waals surface area (Å²) in [6, 6.07) is 0.540. The monoisotopic (exact) mass is 255 g/mol. The quantitative estimate of drug-likeness (QED) is 0.638. The Hall–Kier alpha value is -1.07. The van der Waals surface area contributed by atoms with E-state index in [2.05, 4.69) is 27.2 Å². The van der Waals surface area contributed by atoms with Gasteiger partial charge in [0, 0.05) is 12.6 Å². The number of anilines is 2. The van der Waals surface area contributed by atoms with Crippen LogP contribution in [0.2, 0.25) is 5.02 Å². The Bertz CT molecular complexity index is 378. The van der Waals surface area contributed by atoms with E-state index in [1.807, 2.05) is 0 Å². The van der Waals surface area contributed by atoms with E-state index in [0.717, 1.165) is 12.4 Å². The summed E-state index contributed by atoms with van der Waals surface area (Å²) in [6.45, 7) is 3.01. The summed E-state index contributed by atoms with van der Waals surface area (Å²) in [5.74, 6) is 6.51. The van der Waals surface area contributed by atoms with Crippen molar-refractivity contribution in [3.8, 4) is 0 Å². The average molecular weight is 256 g/mol. The van der Waals surface area contributed by atoms with Crippen LogP contribution in [0.4, 0.5) is 11.8 Å². The highest BCUT2D eigenvalue weighted by molar-refractivity contribution is 6.32. The summed E-state index contributed by atoms with van der Waals surface area (Å²) in [6.07, 6.45) is 6.58. The Morgan fingerprint density at radius 2 is 2.24 bits per heavy atom. The van der Waals surface area contributed by atoms with Crippen molar-refractivity contribution in [2.24, 2.45) is 5.84 Å². The number of rotatable bonds is 4. The van der Waals surface area contributed by atoms with Gasteiger partial charge in [-0.15, -0.1) is 0 Å². The van der Waals surface area contributed by atoms with Crippen LogP contribution in [-0.2, 0) is 0 Å². The number of nitrogen functional groups attached to an aromatic ring is 1. The van der Waals surface area contributed by atoms with Crippen LogP contribution in [-0.4, -0.2) is 22.6 Å². The summed E-state index contributed by atoms with van der Waals surface area (Å²) >= 11 is 6.17. The van der Waals surface area contributed by atoms with Gasteiger partial charge in [0.2, 0.25) is 5.95 Å². The molecular weight excluding hydrogens is 238 g/mol. The van der Waals surface area contributed by atoms with Crippen LogP contribution in [0.15, 0.2) is 6.20 Å². The fourth-order valence-electron chi connectivity index (χ4n) is 2.43. The Balaban J connectivity index is 2.28. The molecule has 1 heterocycles. The number of aromatic nitrogens is 2. The highest BCUT2D eigenvalue weighted by Gasteiger charge is 2.24. The van der Waals surface area contributed by atoms with Crippen molar-refractivity contribution >= 4 is 23.4 Å². The Kier molecular flexibility index (Phi) is 4.02. The van der Waals surface area contributed by atoms with Gasteiger partial charge in [-0.1, -0.05) is 24.4 Å². The lowest BCUT2D eigenvalue weighted by Gasteiger charge is -2.29. The molecule has 0 bridgehead atoms. The van der Waals surface area contributed by atoms with Crippen molar-refractivity contribution in [3.63, 3.8) is 0 Å². The van der Waals surface area contributed by atoms with E-state index in [0.29, 0.717) is 17.0 Å². The smallest absolute Gasteiger partial charge is 0.239 e. The summed E-state index contributed by atoms with van der Waals surface area (Å²) in [7, 11) is 0. The van der Waals surface area contributed by atoms with E-state index >= 15 is 0 Å². The molecule has 0 aromatic carbocycles. The van der Waals surface area contributed by atoms with Gasteiger partial charge in [0.1, 0.15) is 5.02 Å². The van der Waals surface area contributed by atoms with Crippen LogP contribution in [0.3, 0.4) is 0 Å². The first kappa shape index (κ1) is 12.4. The number of hydrogen-bond donors (Lipinski definition) is 2. The van der Waals surface area contributed by atoms with Gasteiger partial charge in [-0.2, -0.15) is 4.98 Å². The third-order valence-electron chi connectivity index (χ3n) is 3.23. The van der Waals surface area contributed by atoms with Crippen LogP contribution >= 0.6 is 11.6 Å². The molecule has 5 nitrogen and oxygen atoms in total. The molecule has 0 aliphatic heterocycles. The Labute approximate surface area is 106 Å². The lowest BCUT2D eigenvalue weighted by atomic mass is 10.2. The molecule has 0 atom stereocenters. The van der Waals surface area contributed by atoms with Crippen molar-refractivity contribution in [2.75, 3.05) is 16.9 Å². The number of hydrogen-bond acceptors (Lipinski definition) is 5. The maximum absolute atomic E-state index is 6.17. The standard InChI is InChI=1S/C11H18ClN5/c1-2-17(8-5-3-4-6-8)10-9(12)7-14-11(15-10)16-13/h7-8H,2-6,13H2,1H3,(H,14,15,16). The number of nitrogens with two attached hydrogens (primary N) is 1. The van der Waals surface area contributed by atoms with E-state index in [4.69, 9.17) is 17.4 Å². The molecule has 6 heteroatoms. The highest BCUT2D eigenvalue weighted by Crippen LogP contribution is 2.31. The van der Waals surface area contributed by atoms with Crippen LogP contribution in [0.5, 0.6) is 0 Å². The van der Waals surface area contributed by atoms with Gasteiger partial charge >= 0.3 is 0 Å². The SMILES string of the molecule is CCN(c1nc(NN)ncc1Cl)C1CCCC1. The van der Waals surface area contributed by atoms with Gasteiger partial charge in [0.25, 0.3) is 0 Å².